The Labute approximate surface area is 165 Å². The Kier molecular flexibility index (Phi) is 6.56. The van der Waals surface area contributed by atoms with Gasteiger partial charge in [0, 0.05) is 49.3 Å². The fourth-order valence-electron chi connectivity index (χ4n) is 3.31. The van der Waals surface area contributed by atoms with E-state index >= 15 is 0 Å². The molecule has 27 heavy (non-hydrogen) atoms. The van der Waals surface area contributed by atoms with Gasteiger partial charge < -0.3 is 9.80 Å². The van der Waals surface area contributed by atoms with Crippen molar-refractivity contribution in [3.8, 4) is 0 Å². The Morgan fingerprint density at radius 3 is 2.22 bits per heavy atom. The summed E-state index contributed by atoms with van der Waals surface area (Å²) in [5.41, 5.74) is 2.01. The molecular formula is C22H26N2O2S. The molecule has 0 N–H and O–H groups in total. The first kappa shape index (κ1) is 19.5. The number of rotatable bonds is 5. The Hall–Kier alpha value is -2.27. The van der Waals surface area contributed by atoms with Gasteiger partial charge in [-0.15, -0.1) is 11.8 Å². The van der Waals surface area contributed by atoms with Gasteiger partial charge in [0.05, 0.1) is 0 Å². The average Bonchev–Trinajstić information content (AvgIpc) is 2.72. The second-order valence-electron chi connectivity index (χ2n) is 7.10. The number of piperidine rings is 1. The lowest BCUT2D eigenvalue weighted by molar-refractivity contribution is -0.134. The maximum Gasteiger partial charge on any atom is 0.253 e. The standard InChI is InChI=1S/C22H26N2O2S/c1-23(2)21(25)19-12-14-24(15-13-19)22(26)18-8-10-20(11-9-18)27-16-17-6-4-3-5-7-17/h3-11,19H,12-16H2,1-2H3. The van der Waals surface area contributed by atoms with E-state index in [9.17, 15) is 9.59 Å². The quantitative estimate of drug-likeness (QED) is 0.736. The summed E-state index contributed by atoms with van der Waals surface area (Å²) in [6.45, 7) is 1.29. The first-order valence-corrected chi connectivity index (χ1v) is 10.3. The molecule has 1 aliphatic heterocycles. The maximum atomic E-state index is 12.7. The highest BCUT2D eigenvalue weighted by Gasteiger charge is 2.28. The van der Waals surface area contributed by atoms with Gasteiger partial charge in [-0.1, -0.05) is 30.3 Å². The molecule has 1 saturated heterocycles. The van der Waals surface area contributed by atoms with E-state index in [0.29, 0.717) is 13.1 Å². The number of hydrogen-bond acceptors (Lipinski definition) is 3. The van der Waals surface area contributed by atoms with Crippen LogP contribution >= 0.6 is 11.8 Å². The molecule has 0 bridgehead atoms. The molecular weight excluding hydrogens is 356 g/mol. The third kappa shape index (κ3) is 5.13. The summed E-state index contributed by atoms with van der Waals surface area (Å²) in [5, 5.41) is 0. The predicted molar refractivity (Wildman–Crippen MR) is 110 cm³/mol. The first-order chi connectivity index (χ1) is 13.0. The highest BCUT2D eigenvalue weighted by molar-refractivity contribution is 7.98. The minimum Gasteiger partial charge on any atom is -0.349 e. The van der Waals surface area contributed by atoms with Crippen LogP contribution in [0, 0.1) is 5.92 Å². The van der Waals surface area contributed by atoms with E-state index in [4.69, 9.17) is 0 Å². The van der Waals surface area contributed by atoms with E-state index in [1.54, 1.807) is 30.8 Å². The molecule has 1 heterocycles. The number of amides is 2. The summed E-state index contributed by atoms with van der Waals surface area (Å²) in [6, 6.07) is 18.2. The molecule has 1 aliphatic rings. The van der Waals surface area contributed by atoms with Crippen molar-refractivity contribution in [1.82, 2.24) is 9.80 Å². The van der Waals surface area contributed by atoms with Gasteiger partial charge in [-0.2, -0.15) is 0 Å². The Balaban J connectivity index is 1.53. The van der Waals surface area contributed by atoms with Gasteiger partial charge in [0.1, 0.15) is 0 Å². The lowest BCUT2D eigenvalue weighted by Crippen LogP contribution is -2.42. The third-order valence-corrected chi connectivity index (χ3v) is 6.00. The van der Waals surface area contributed by atoms with Crippen LogP contribution in [0.15, 0.2) is 59.5 Å². The van der Waals surface area contributed by atoms with Crippen molar-refractivity contribution in [2.75, 3.05) is 27.2 Å². The average molecular weight is 383 g/mol. The Bertz CT molecular complexity index is 767. The topological polar surface area (TPSA) is 40.6 Å². The minimum atomic E-state index is 0.0424. The van der Waals surface area contributed by atoms with E-state index in [2.05, 4.69) is 12.1 Å². The van der Waals surface area contributed by atoms with Gasteiger partial charge >= 0.3 is 0 Å². The second-order valence-corrected chi connectivity index (χ2v) is 8.15. The fraction of sp³-hybridized carbons (Fsp3) is 0.364. The zero-order valence-corrected chi connectivity index (χ0v) is 16.7. The van der Waals surface area contributed by atoms with E-state index in [1.807, 2.05) is 47.4 Å². The van der Waals surface area contributed by atoms with Gasteiger partial charge in [0.2, 0.25) is 5.91 Å². The monoisotopic (exact) mass is 382 g/mol. The number of thioether (sulfide) groups is 1. The molecule has 4 nitrogen and oxygen atoms in total. The zero-order valence-electron chi connectivity index (χ0n) is 15.9. The first-order valence-electron chi connectivity index (χ1n) is 9.32. The van der Waals surface area contributed by atoms with Gasteiger partial charge in [-0.3, -0.25) is 9.59 Å². The summed E-state index contributed by atoms with van der Waals surface area (Å²) < 4.78 is 0. The van der Waals surface area contributed by atoms with Crippen molar-refractivity contribution in [2.24, 2.45) is 5.92 Å². The van der Waals surface area contributed by atoms with Crippen molar-refractivity contribution in [2.45, 2.75) is 23.5 Å². The molecule has 1 fully saturated rings. The summed E-state index contributed by atoms with van der Waals surface area (Å²) in [7, 11) is 3.58. The molecule has 0 unspecified atom stereocenters. The van der Waals surface area contributed by atoms with Crippen LogP contribution < -0.4 is 0 Å². The van der Waals surface area contributed by atoms with Crippen molar-refractivity contribution in [3.05, 3.63) is 65.7 Å². The summed E-state index contributed by atoms with van der Waals surface area (Å²) in [6.07, 6.45) is 1.49. The molecule has 0 aliphatic carbocycles. The lowest BCUT2D eigenvalue weighted by atomic mass is 9.95. The normalized spacial score (nSPS) is 14.8. The molecule has 2 aromatic rings. The molecule has 0 aromatic heterocycles. The smallest absolute Gasteiger partial charge is 0.253 e. The van der Waals surface area contributed by atoms with Crippen LogP contribution in [0.25, 0.3) is 0 Å². The molecule has 3 rings (SSSR count). The molecule has 2 amide bonds. The van der Waals surface area contributed by atoms with E-state index in [0.717, 1.165) is 29.1 Å². The third-order valence-electron chi connectivity index (χ3n) is 4.92. The van der Waals surface area contributed by atoms with Crippen LogP contribution in [0.3, 0.4) is 0 Å². The van der Waals surface area contributed by atoms with Crippen molar-refractivity contribution < 1.29 is 9.59 Å². The molecule has 0 spiro atoms. The van der Waals surface area contributed by atoms with Crippen LogP contribution in [-0.2, 0) is 10.5 Å². The number of nitrogens with zero attached hydrogens (tertiary/aromatic N) is 2. The van der Waals surface area contributed by atoms with Gasteiger partial charge in [0.15, 0.2) is 0 Å². The van der Waals surface area contributed by atoms with Gasteiger partial charge in [-0.25, -0.2) is 0 Å². The second kappa shape index (κ2) is 9.09. The van der Waals surface area contributed by atoms with Gasteiger partial charge in [-0.05, 0) is 42.7 Å². The Morgan fingerprint density at radius 2 is 1.63 bits per heavy atom. The van der Waals surface area contributed by atoms with Crippen molar-refractivity contribution >= 4 is 23.6 Å². The molecule has 142 valence electrons. The van der Waals surface area contributed by atoms with Gasteiger partial charge in [0.25, 0.3) is 5.91 Å². The molecule has 0 radical (unpaired) electrons. The number of carbonyl (C=O) groups is 2. The van der Waals surface area contributed by atoms with E-state index < -0.39 is 0 Å². The number of likely N-dealkylation sites (tertiary alicyclic amines) is 1. The molecule has 0 saturated carbocycles. The number of hydrogen-bond donors (Lipinski definition) is 0. The highest BCUT2D eigenvalue weighted by Crippen LogP contribution is 2.24. The Morgan fingerprint density at radius 1 is 1.00 bits per heavy atom. The molecule has 5 heteroatoms. The SMILES string of the molecule is CN(C)C(=O)C1CCN(C(=O)c2ccc(SCc3ccccc3)cc2)CC1. The summed E-state index contributed by atoms with van der Waals surface area (Å²) in [4.78, 5) is 29.5. The van der Waals surface area contributed by atoms with Crippen LogP contribution in [-0.4, -0.2) is 48.8 Å². The molecule has 2 aromatic carbocycles. The fourth-order valence-corrected chi connectivity index (χ4v) is 4.17. The van der Waals surface area contributed by atoms with Crippen molar-refractivity contribution in [1.29, 1.82) is 0 Å². The zero-order chi connectivity index (χ0) is 19.2. The summed E-state index contributed by atoms with van der Waals surface area (Å²) >= 11 is 1.77. The number of carbonyl (C=O) groups excluding carboxylic acids is 2. The van der Waals surface area contributed by atoms with Crippen LogP contribution in [0.4, 0.5) is 0 Å². The van der Waals surface area contributed by atoms with Crippen molar-refractivity contribution in [3.63, 3.8) is 0 Å². The maximum absolute atomic E-state index is 12.7. The predicted octanol–water partition coefficient (Wildman–Crippen LogP) is 3.92. The largest absolute Gasteiger partial charge is 0.349 e. The highest BCUT2D eigenvalue weighted by atomic mass is 32.2. The lowest BCUT2D eigenvalue weighted by Gasteiger charge is -2.32. The van der Waals surface area contributed by atoms with E-state index in [-0.39, 0.29) is 17.7 Å². The molecule has 0 atom stereocenters. The summed E-state index contributed by atoms with van der Waals surface area (Å²) in [5.74, 6) is 1.19. The van der Waals surface area contributed by atoms with Crippen LogP contribution in [0.2, 0.25) is 0 Å². The van der Waals surface area contributed by atoms with Crippen LogP contribution in [0.1, 0.15) is 28.8 Å². The number of benzene rings is 2. The van der Waals surface area contributed by atoms with Crippen LogP contribution in [0.5, 0.6) is 0 Å². The van der Waals surface area contributed by atoms with E-state index in [1.165, 1.54) is 5.56 Å². The minimum absolute atomic E-state index is 0.0424.